The van der Waals surface area contributed by atoms with E-state index in [0.29, 0.717) is 17.8 Å². The van der Waals surface area contributed by atoms with Gasteiger partial charge in [-0.1, -0.05) is 64.2 Å². The molecule has 25 heavy (non-hydrogen) atoms. The number of rotatable bonds is 5. The number of carbonyl (C=O) groups excluding carboxylic acids is 1. The monoisotopic (exact) mass is 407 g/mol. The van der Waals surface area contributed by atoms with Gasteiger partial charge in [-0.05, 0) is 45.8 Å². The number of carbonyl (C=O) groups is 1. The van der Waals surface area contributed by atoms with Gasteiger partial charge in [-0.25, -0.2) is 4.98 Å². The van der Waals surface area contributed by atoms with Crippen LogP contribution in [0.5, 0.6) is 0 Å². The predicted molar refractivity (Wildman–Crippen MR) is 105 cm³/mol. The normalized spacial score (nSPS) is 21.2. The summed E-state index contributed by atoms with van der Waals surface area (Å²) in [5, 5.41) is 2.98. The molecule has 2 saturated carbocycles. The minimum atomic E-state index is -0.421. The van der Waals surface area contributed by atoms with Gasteiger partial charge in [-0.2, -0.15) is 0 Å². The predicted octanol–water partition coefficient (Wildman–Crippen LogP) is 4.89. The second kappa shape index (κ2) is 9.13. The first-order valence-corrected chi connectivity index (χ1v) is 10.6. The van der Waals surface area contributed by atoms with Crippen LogP contribution in [-0.2, 0) is 4.79 Å². The Hall–Kier alpha value is -0.940. The van der Waals surface area contributed by atoms with Crippen LogP contribution in [0.15, 0.2) is 22.9 Å². The van der Waals surface area contributed by atoms with Crippen LogP contribution >= 0.6 is 15.9 Å². The standard InChI is InChI=1S/C20H30BrN3O/c21-17-12-11-16(13-23-17)24-20(25)19(22)18(14-7-3-1-4-8-14)15-9-5-2-6-10-15/h11-15,18-19H,1-10,22H2,(H,24,25). The molecule has 1 aromatic heterocycles. The molecule has 2 aliphatic rings. The first-order valence-electron chi connectivity index (χ1n) is 9.83. The molecule has 2 fully saturated rings. The fourth-order valence-corrected chi connectivity index (χ4v) is 5.09. The Bertz CT molecular complexity index is 533. The summed E-state index contributed by atoms with van der Waals surface area (Å²) in [5.41, 5.74) is 7.28. The van der Waals surface area contributed by atoms with Crippen molar-refractivity contribution in [1.82, 2.24) is 4.98 Å². The SMILES string of the molecule is NC(C(=O)Nc1ccc(Br)nc1)C(C1CCCCC1)C1CCCCC1. The zero-order valence-corrected chi connectivity index (χ0v) is 16.5. The van der Waals surface area contributed by atoms with Crippen molar-refractivity contribution in [2.24, 2.45) is 23.5 Å². The van der Waals surface area contributed by atoms with E-state index in [1.54, 1.807) is 6.20 Å². The summed E-state index contributed by atoms with van der Waals surface area (Å²) in [4.78, 5) is 17.0. The van der Waals surface area contributed by atoms with Gasteiger partial charge < -0.3 is 11.1 Å². The number of aromatic nitrogens is 1. The summed E-state index contributed by atoms with van der Waals surface area (Å²) in [7, 11) is 0. The molecule has 0 bridgehead atoms. The molecule has 0 aromatic carbocycles. The van der Waals surface area contributed by atoms with Gasteiger partial charge in [0.05, 0.1) is 17.9 Å². The Labute approximate surface area is 159 Å². The molecule has 5 heteroatoms. The molecule has 1 unspecified atom stereocenters. The van der Waals surface area contributed by atoms with Crippen LogP contribution in [0.3, 0.4) is 0 Å². The van der Waals surface area contributed by atoms with Crippen molar-refractivity contribution in [3.63, 3.8) is 0 Å². The Kier molecular flexibility index (Phi) is 6.88. The van der Waals surface area contributed by atoms with Crippen molar-refractivity contribution >= 4 is 27.5 Å². The molecular formula is C20H30BrN3O. The quantitative estimate of drug-likeness (QED) is 0.682. The van der Waals surface area contributed by atoms with E-state index in [2.05, 4.69) is 26.2 Å². The number of nitrogens with one attached hydrogen (secondary N) is 1. The lowest BCUT2D eigenvalue weighted by atomic mass is 9.66. The fraction of sp³-hybridized carbons (Fsp3) is 0.700. The van der Waals surface area contributed by atoms with Gasteiger partial charge in [0.15, 0.2) is 0 Å². The average Bonchev–Trinajstić information content (AvgIpc) is 2.65. The number of nitrogens with two attached hydrogens (primary N) is 1. The molecule has 0 saturated heterocycles. The lowest BCUT2D eigenvalue weighted by Gasteiger charge is -2.40. The molecule has 1 aromatic rings. The summed E-state index contributed by atoms with van der Waals surface area (Å²) in [6.07, 6.45) is 14.5. The number of nitrogens with zero attached hydrogens (tertiary/aromatic N) is 1. The first-order chi connectivity index (χ1) is 12.1. The van der Waals surface area contributed by atoms with E-state index in [1.165, 1.54) is 64.2 Å². The number of hydrogen-bond donors (Lipinski definition) is 2. The van der Waals surface area contributed by atoms with Crippen LogP contribution in [0.1, 0.15) is 64.2 Å². The van der Waals surface area contributed by atoms with E-state index in [0.717, 1.165) is 10.3 Å². The molecule has 138 valence electrons. The summed E-state index contributed by atoms with van der Waals surface area (Å²) >= 11 is 3.32. The number of halogens is 1. The summed E-state index contributed by atoms with van der Waals surface area (Å²) in [6, 6.07) is 3.27. The highest BCUT2D eigenvalue weighted by atomic mass is 79.9. The molecule has 1 atom stereocenters. The maximum Gasteiger partial charge on any atom is 0.241 e. The number of amides is 1. The third-order valence-electron chi connectivity index (χ3n) is 6.10. The zero-order chi connectivity index (χ0) is 17.6. The van der Waals surface area contributed by atoms with Crippen molar-refractivity contribution in [3.05, 3.63) is 22.9 Å². The van der Waals surface area contributed by atoms with E-state index >= 15 is 0 Å². The van der Waals surface area contributed by atoms with Crippen LogP contribution in [0, 0.1) is 17.8 Å². The Balaban J connectivity index is 1.71. The third-order valence-corrected chi connectivity index (χ3v) is 6.57. The van der Waals surface area contributed by atoms with Crippen LogP contribution in [0.25, 0.3) is 0 Å². The molecule has 3 N–H and O–H groups in total. The number of anilines is 1. The minimum Gasteiger partial charge on any atom is -0.323 e. The van der Waals surface area contributed by atoms with Crippen LogP contribution in [0.2, 0.25) is 0 Å². The Morgan fingerprint density at radius 1 is 1.04 bits per heavy atom. The molecule has 0 aliphatic heterocycles. The average molecular weight is 408 g/mol. The zero-order valence-electron chi connectivity index (χ0n) is 14.9. The van der Waals surface area contributed by atoms with Crippen LogP contribution in [-0.4, -0.2) is 16.9 Å². The molecule has 4 nitrogen and oxygen atoms in total. The molecule has 1 amide bonds. The highest BCUT2D eigenvalue weighted by molar-refractivity contribution is 9.10. The smallest absolute Gasteiger partial charge is 0.241 e. The van der Waals surface area contributed by atoms with Gasteiger partial charge in [-0.15, -0.1) is 0 Å². The maximum atomic E-state index is 12.8. The molecule has 3 rings (SSSR count). The van der Waals surface area contributed by atoms with E-state index in [-0.39, 0.29) is 5.91 Å². The van der Waals surface area contributed by atoms with Crippen molar-refractivity contribution < 1.29 is 4.79 Å². The Morgan fingerprint density at radius 2 is 1.60 bits per heavy atom. The summed E-state index contributed by atoms with van der Waals surface area (Å²) < 4.78 is 0.761. The lowest BCUT2D eigenvalue weighted by molar-refractivity contribution is -0.120. The largest absolute Gasteiger partial charge is 0.323 e. The highest BCUT2D eigenvalue weighted by Crippen LogP contribution is 2.41. The first kappa shape index (κ1) is 18.8. The summed E-state index contributed by atoms with van der Waals surface area (Å²) in [6.45, 7) is 0. The summed E-state index contributed by atoms with van der Waals surface area (Å²) in [5.74, 6) is 1.50. The van der Waals surface area contributed by atoms with Gasteiger partial charge in [0.1, 0.15) is 4.60 Å². The van der Waals surface area contributed by atoms with Gasteiger partial charge in [0.2, 0.25) is 5.91 Å². The van der Waals surface area contributed by atoms with Gasteiger partial charge >= 0.3 is 0 Å². The van der Waals surface area contributed by atoms with E-state index in [9.17, 15) is 4.79 Å². The topological polar surface area (TPSA) is 68.0 Å². The van der Waals surface area contributed by atoms with Crippen molar-refractivity contribution in [2.75, 3.05) is 5.32 Å². The minimum absolute atomic E-state index is 0.0507. The highest BCUT2D eigenvalue weighted by Gasteiger charge is 2.38. The van der Waals surface area contributed by atoms with Gasteiger partial charge in [0, 0.05) is 0 Å². The second-order valence-corrected chi connectivity index (χ2v) is 8.57. The molecule has 2 aliphatic carbocycles. The third kappa shape index (κ3) is 5.04. The molecule has 0 radical (unpaired) electrons. The Morgan fingerprint density at radius 3 is 2.08 bits per heavy atom. The van der Waals surface area contributed by atoms with Crippen molar-refractivity contribution in [1.29, 1.82) is 0 Å². The molecule has 1 heterocycles. The lowest BCUT2D eigenvalue weighted by Crippen LogP contribution is -2.48. The fourth-order valence-electron chi connectivity index (χ4n) is 4.86. The molecule has 0 spiro atoms. The van der Waals surface area contributed by atoms with Crippen LogP contribution < -0.4 is 11.1 Å². The second-order valence-electron chi connectivity index (χ2n) is 7.76. The molecular weight excluding hydrogens is 378 g/mol. The van der Waals surface area contributed by atoms with Crippen molar-refractivity contribution in [2.45, 2.75) is 70.3 Å². The number of pyridine rings is 1. The van der Waals surface area contributed by atoms with Gasteiger partial charge in [0.25, 0.3) is 0 Å². The van der Waals surface area contributed by atoms with E-state index < -0.39 is 6.04 Å². The van der Waals surface area contributed by atoms with E-state index in [1.807, 2.05) is 12.1 Å². The van der Waals surface area contributed by atoms with Gasteiger partial charge in [-0.3, -0.25) is 4.79 Å². The van der Waals surface area contributed by atoms with E-state index in [4.69, 9.17) is 5.73 Å². The maximum absolute atomic E-state index is 12.8. The van der Waals surface area contributed by atoms with Crippen molar-refractivity contribution in [3.8, 4) is 0 Å². The number of hydrogen-bond acceptors (Lipinski definition) is 3. The van der Waals surface area contributed by atoms with Crippen LogP contribution in [0.4, 0.5) is 5.69 Å².